The van der Waals surface area contributed by atoms with Crippen LogP contribution in [0, 0.1) is 0 Å². The summed E-state index contributed by atoms with van der Waals surface area (Å²) in [5.41, 5.74) is 1.91. The molecule has 16 heavy (non-hydrogen) atoms. The first-order valence-electron chi connectivity index (χ1n) is 5.97. The van der Waals surface area contributed by atoms with Gasteiger partial charge in [-0.05, 0) is 46.4 Å². The highest BCUT2D eigenvalue weighted by atomic mass is 32.1. The summed E-state index contributed by atoms with van der Waals surface area (Å²) in [6, 6.07) is 0.586. The van der Waals surface area contributed by atoms with Gasteiger partial charge in [-0.25, -0.2) is 0 Å². The van der Waals surface area contributed by atoms with Crippen molar-refractivity contribution in [3.63, 3.8) is 0 Å². The zero-order valence-corrected chi connectivity index (χ0v) is 11.4. The number of nitrogens with zero attached hydrogens (tertiary/aromatic N) is 2. The largest absolute Gasteiger partial charge is 0.314 e. The lowest BCUT2D eigenvalue weighted by Gasteiger charge is -2.19. The molecule has 3 nitrogen and oxygen atoms in total. The number of thiazole rings is 1. The van der Waals surface area contributed by atoms with Crippen molar-refractivity contribution < 1.29 is 0 Å². The molecular weight excluding hydrogens is 218 g/mol. The van der Waals surface area contributed by atoms with Gasteiger partial charge < -0.3 is 10.2 Å². The van der Waals surface area contributed by atoms with E-state index in [0.29, 0.717) is 6.04 Å². The van der Waals surface area contributed by atoms with Crippen LogP contribution >= 0.6 is 11.3 Å². The highest BCUT2D eigenvalue weighted by Gasteiger charge is 2.10. The third-order valence-electron chi connectivity index (χ3n) is 2.54. The molecule has 0 bridgehead atoms. The second-order valence-electron chi connectivity index (χ2n) is 4.41. The van der Waals surface area contributed by atoms with E-state index in [1.54, 1.807) is 11.3 Å². The van der Waals surface area contributed by atoms with Gasteiger partial charge in [0.25, 0.3) is 0 Å². The molecule has 0 aromatic carbocycles. The van der Waals surface area contributed by atoms with Crippen LogP contribution in [0.4, 0.5) is 0 Å². The second-order valence-corrected chi connectivity index (χ2v) is 5.39. The summed E-state index contributed by atoms with van der Waals surface area (Å²) in [6.07, 6.45) is 5.49. The Morgan fingerprint density at radius 1 is 1.50 bits per heavy atom. The average Bonchev–Trinajstić information content (AvgIpc) is 2.74. The number of hydrogen-bond acceptors (Lipinski definition) is 4. The molecule has 92 valence electrons. The Morgan fingerprint density at radius 3 is 2.88 bits per heavy atom. The monoisotopic (exact) mass is 241 g/mol. The Morgan fingerprint density at radius 2 is 2.31 bits per heavy atom. The molecule has 1 heterocycles. The molecule has 0 saturated heterocycles. The lowest BCUT2D eigenvalue weighted by molar-refractivity contribution is 0.357. The fraction of sp³-hybridized carbons (Fsp3) is 0.750. The van der Waals surface area contributed by atoms with Gasteiger partial charge in [0, 0.05) is 17.1 Å². The maximum absolute atomic E-state index is 4.13. The van der Waals surface area contributed by atoms with Crippen LogP contribution in [0.5, 0.6) is 0 Å². The van der Waals surface area contributed by atoms with Gasteiger partial charge in [0.2, 0.25) is 0 Å². The van der Waals surface area contributed by atoms with E-state index < -0.39 is 0 Å². The minimum Gasteiger partial charge on any atom is -0.314 e. The first-order valence-corrected chi connectivity index (χ1v) is 6.85. The lowest BCUT2D eigenvalue weighted by Crippen LogP contribution is -2.34. The topological polar surface area (TPSA) is 28.2 Å². The van der Waals surface area contributed by atoms with Crippen molar-refractivity contribution in [1.29, 1.82) is 0 Å². The normalized spacial score (nSPS) is 13.2. The average molecular weight is 241 g/mol. The Kier molecular flexibility index (Phi) is 6.61. The van der Waals surface area contributed by atoms with Crippen molar-refractivity contribution in [1.82, 2.24) is 15.2 Å². The van der Waals surface area contributed by atoms with E-state index in [1.807, 2.05) is 11.7 Å². The van der Waals surface area contributed by atoms with Crippen LogP contribution < -0.4 is 5.32 Å². The molecule has 0 saturated carbocycles. The van der Waals surface area contributed by atoms with Crippen LogP contribution in [-0.4, -0.2) is 43.1 Å². The third kappa shape index (κ3) is 5.58. The Labute approximate surface area is 103 Å². The summed E-state index contributed by atoms with van der Waals surface area (Å²) in [6.45, 7) is 4.46. The predicted molar refractivity (Wildman–Crippen MR) is 71.1 cm³/mol. The van der Waals surface area contributed by atoms with Gasteiger partial charge in [-0.2, -0.15) is 0 Å². The van der Waals surface area contributed by atoms with Crippen molar-refractivity contribution in [3.8, 4) is 0 Å². The van der Waals surface area contributed by atoms with Crippen LogP contribution in [0.2, 0.25) is 0 Å². The summed E-state index contributed by atoms with van der Waals surface area (Å²) in [4.78, 5) is 7.76. The second kappa shape index (κ2) is 7.76. The zero-order valence-electron chi connectivity index (χ0n) is 10.6. The Bertz CT molecular complexity index is 259. The van der Waals surface area contributed by atoms with Crippen molar-refractivity contribution in [3.05, 3.63) is 16.6 Å². The molecule has 4 heteroatoms. The number of hydrogen-bond donors (Lipinski definition) is 1. The van der Waals surface area contributed by atoms with E-state index in [-0.39, 0.29) is 0 Å². The molecule has 0 aliphatic carbocycles. The van der Waals surface area contributed by atoms with Gasteiger partial charge in [-0.15, -0.1) is 11.3 Å². The molecule has 0 radical (unpaired) electrons. The summed E-state index contributed by atoms with van der Waals surface area (Å²) in [5, 5.41) is 3.62. The number of aromatic nitrogens is 1. The standard InChI is InChI=1S/C12H23N3S/c1-4-6-14-11(5-7-15(2)3)8-12-9-13-10-16-12/h9-11,14H,4-8H2,1-3H3. The zero-order chi connectivity index (χ0) is 11.8. The van der Waals surface area contributed by atoms with Gasteiger partial charge >= 0.3 is 0 Å². The minimum atomic E-state index is 0.586. The summed E-state index contributed by atoms with van der Waals surface area (Å²) >= 11 is 1.75. The molecule has 0 aliphatic rings. The highest BCUT2D eigenvalue weighted by molar-refractivity contribution is 7.09. The van der Waals surface area contributed by atoms with E-state index >= 15 is 0 Å². The van der Waals surface area contributed by atoms with Crippen LogP contribution in [0.1, 0.15) is 24.6 Å². The van der Waals surface area contributed by atoms with Crippen molar-refractivity contribution >= 4 is 11.3 Å². The van der Waals surface area contributed by atoms with Crippen LogP contribution in [-0.2, 0) is 6.42 Å². The summed E-state index contributed by atoms with van der Waals surface area (Å²) in [7, 11) is 4.26. The van der Waals surface area contributed by atoms with Gasteiger partial charge in [-0.3, -0.25) is 4.98 Å². The molecule has 1 unspecified atom stereocenters. The maximum Gasteiger partial charge on any atom is 0.0794 e. The Balaban J connectivity index is 2.36. The molecule has 0 fully saturated rings. The van der Waals surface area contributed by atoms with E-state index in [2.05, 4.69) is 36.2 Å². The quantitative estimate of drug-likeness (QED) is 0.754. The third-order valence-corrected chi connectivity index (χ3v) is 3.34. The molecule has 0 amide bonds. The number of rotatable bonds is 8. The molecule has 1 atom stereocenters. The molecule has 1 N–H and O–H groups in total. The molecule has 1 aromatic heterocycles. The molecule has 0 spiro atoms. The van der Waals surface area contributed by atoms with E-state index in [1.165, 1.54) is 17.7 Å². The van der Waals surface area contributed by atoms with Crippen LogP contribution in [0.15, 0.2) is 11.7 Å². The molecule has 1 aromatic rings. The first-order chi connectivity index (χ1) is 7.72. The fourth-order valence-corrected chi connectivity index (χ4v) is 2.30. The van der Waals surface area contributed by atoms with Gasteiger partial charge in [-0.1, -0.05) is 6.92 Å². The smallest absolute Gasteiger partial charge is 0.0794 e. The van der Waals surface area contributed by atoms with Crippen LogP contribution in [0.25, 0.3) is 0 Å². The lowest BCUT2D eigenvalue weighted by atomic mass is 10.1. The van der Waals surface area contributed by atoms with Crippen molar-refractivity contribution in [2.24, 2.45) is 0 Å². The van der Waals surface area contributed by atoms with Crippen LogP contribution in [0.3, 0.4) is 0 Å². The minimum absolute atomic E-state index is 0.586. The fourth-order valence-electron chi connectivity index (χ4n) is 1.62. The predicted octanol–water partition coefficient (Wildman–Crippen LogP) is 2.01. The van der Waals surface area contributed by atoms with Gasteiger partial charge in [0.15, 0.2) is 0 Å². The summed E-state index contributed by atoms with van der Waals surface area (Å²) < 4.78 is 0. The van der Waals surface area contributed by atoms with Gasteiger partial charge in [0.05, 0.1) is 5.51 Å². The molecular formula is C12H23N3S. The van der Waals surface area contributed by atoms with E-state index in [0.717, 1.165) is 19.5 Å². The van der Waals surface area contributed by atoms with E-state index in [9.17, 15) is 0 Å². The van der Waals surface area contributed by atoms with E-state index in [4.69, 9.17) is 0 Å². The van der Waals surface area contributed by atoms with Gasteiger partial charge in [0.1, 0.15) is 0 Å². The SMILES string of the molecule is CCCNC(CCN(C)C)Cc1cncs1. The maximum atomic E-state index is 4.13. The molecule has 1 rings (SSSR count). The van der Waals surface area contributed by atoms with Crippen molar-refractivity contribution in [2.45, 2.75) is 32.2 Å². The summed E-state index contributed by atoms with van der Waals surface area (Å²) in [5.74, 6) is 0. The molecule has 0 aliphatic heterocycles. The highest BCUT2D eigenvalue weighted by Crippen LogP contribution is 2.10. The first kappa shape index (κ1) is 13.6. The number of nitrogens with one attached hydrogen (secondary N) is 1. The van der Waals surface area contributed by atoms with Crippen molar-refractivity contribution in [2.75, 3.05) is 27.2 Å². The Hall–Kier alpha value is -0.450.